The van der Waals surface area contributed by atoms with Gasteiger partial charge in [0, 0.05) is 16.8 Å². The maximum absolute atomic E-state index is 14.5. The summed E-state index contributed by atoms with van der Waals surface area (Å²) in [7, 11) is 1.55. The van der Waals surface area contributed by atoms with E-state index in [9.17, 15) is 18.4 Å². The van der Waals surface area contributed by atoms with E-state index in [1.165, 1.54) is 22.0 Å². The van der Waals surface area contributed by atoms with Gasteiger partial charge in [0.15, 0.2) is 0 Å². The maximum Gasteiger partial charge on any atom is 0.345 e. The van der Waals surface area contributed by atoms with E-state index in [1.54, 1.807) is 45.2 Å². The molecule has 0 radical (unpaired) electrons. The van der Waals surface area contributed by atoms with Crippen LogP contribution in [-0.4, -0.2) is 33.6 Å². The third-order valence-corrected chi connectivity index (χ3v) is 5.74. The highest BCUT2D eigenvalue weighted by Gasteiger charge is 2.26. The molecular weight excluding hydrogens is 444 g/mol. The molecule has 0 spiro atoms. The molecule has 4 aromatic rings. The lowest BCUT2D eigenvalue weighted by atomic mass is 10.1. The summed E-state index contributed by atoms with van der Waals surface area (Å²) in [4.78, 5) is 30.8. The summed E-state index contributed by atoms with van der Waals surface area (Å²) in [5.74, 6) is -1.49. The molecule has 0 saturated heterocycles. The molecule has 0 bridgehead atoms. The fourth-order valence-electron chi connectivity index (χ4n) is 3.95. The van der Waals surface area contributed by atoms with E-state index in [4.69, 9.17) is 9.47 Å². The number of nitrogens with zero attached hydrogens (tertiary/aromatic N) is 3. The number of aryl methyl sites for hydroxylation is 1. The van der Waals surface area contributed by atoms with Crippen molar-refractivity contribution in [1.29, 1.82) is 0 Å². The van der Waals surface area contributed by atoms with Crippen molar-refractivity contribution in [3.05, 3.63) is 87.0 Å². The number of hydrogen-bond donors (Lipinski definition) is 0. The highest BCUT2D eigenvalue weighted by atomic mass is 19.1. The second kappa shape index (κ2) is 9.09. The number of imidazole rings is 1. The van der Waals surface area contributed by atoms with E-state index in [0.717, 1.165) is 12.1 Å². The first-order valence-corrected chi connectivity index (χ1v) is 10.6. The van der Waals surface area contributed by atoms with Crippen molar-refractivity contribution >= 4 is 11.7 Å². The Kier molecular flexibility index (Phi) is 6.19. The first-order chi connectivity index (χ1) is 16.3. The van der Waals surface area contributed by atoms with Crippen LogP contribution in [0.5, 0.6) is 5.75 Å². The van der Waals surface area contributed by atoms with Crippen molar-refractivity contribution in [2.75, 3.05) is 13.7 Å². The zero-order valence-corrected chi connectivity index (χ0v) is 19.2. The summed E-state index contributed by atoms with van der Waals surface area (Å²) >= 11 is 0. The number of aromatic nitrogens is 3. The number of rotatable bonds is 6. The third kappa shape index (κ3) is 3.83. The van der Waals surface area contributed by atoms with E-state index in [0.29, 0.717) is 22.7 Å². The molecule has 4 rings (SSSR count). The molecule has 0 unspecified atom stereocenters. The number of carbonyl (C=O) groups is 1. The highest BCUT2D eigenvalue weighted by molar-refractivity contribution is 5.90. The minimum Gasteiger partial charge on any atom is -0.497 e. The molecule has 176 valence electrons. The van der Waals surface area contributed by atoms with Gasteiger partial charge in [-0.15, -0.1) is 0 Å². The summed E-state index contributed by atoms with van der Waals surface area (Å²) in [5, 5.41) is 0. The molecule has 0 amide bonds. The second-order valence-electron chi connectivity index (χ2n) is 7.68. The Balaban J connectivity index is 2.03. The van der Waals surface area contributed by atoms with E-state index in [-0.39, 0.29) is 35.8 Å². The first kappa shape index (κ1) is 23.2. The van der Waals surface area contributed by atoms with Crippen LogP contribution in [0.4, 0.5) is 8.78 Å². The van der Waals surface area contributed by atoms with Gasteiger partial charge in [0.25, 0.3) is 5.56 Å². The number of halogens is 2. The zero-order valence-electron chi connectivity index (χ0n) is 19.2. The van der Waals surface area contributed by atoms with E-state index in [1.807, 2.05) is 0 Å². The standard InChI is InChI=1S/C25H23F2N3O4/c1-5-34-24(32)21-14(2)29(13-18-19(26)7-6-8-20(18)27)25-28-22(15(3)30(25)23(21)31)16-9-11-17(33-4)12-10-16/h6-12H,5,13H2,1-4H3. The van der Waals surface area contributed by atoms with Crippen molar-refractivity contribution in [3.63, 3.8) is 0 Å². The molecule has 2 heterocycles. The summed E-state index contributed by atoms with van der Waals surface area (Å²) in [6.07, 6.45) is 0. The minimum atomic E-state index is -0.811. The van der Waals surface area contributed by atoms with E-state index >= 15 is 0 Å². The van der Waals surface area contributed by atoms with Crippen molar-refractivity contribution in [2.45, 2.75) is 27.3 Å². The monoisotopic (exact) mass is 467 g/mol. The quantitative estimate of drug-likeness (QED) is 0.396. The molecule has 0 N–H and O–H groups in total. The Bertz CT molecular complexity index is 1440. The summed E-state index contributed by atoms with van der Waals surface area (Å²) < 4.78 is 42.0. The zero-order chi connectivity index (χ0) is 24.6. The van der Waals surface area contributed by atoms with Gasteiger partial charge in [-0.05, 0) is 57.2 Å². The van der Waals surface area contributed by atoms with Crippen LogP contribution in [0.25, 0.3) is 17.0 Å². The van der Waals surface area contributed by atoms with Crippen LogP contribution in [0.3, 0.4) is 0 Å². The molecule has 0 aliphatic rings. The second-order valence-corrected chi connectivity index (χ2v) is 7.68. The lowest BCUT2D eigenvalue weighted by Gasteiger charge is -2.16. The average Bonchev–Trinajstić information content (AvgIpc) is 3.16. The van der Waals surface area contributed by atoms with Gasteiger partial charge in [-0.2, -0.15) is 0 Å². The number of carbonyl (C=O) groups excluding carboxylic acids is 1. The minimum absolute atomic E-state index is 0.0672. The van der Waals surface area contributed by atoms with Crippen LogP contribution in [0.1, 0.15) is 34.2 Å². The Labute approximate surface area is 194 Å². The number of esters is 1. The van der Waals surface area contributed by atoms with Crippen molar-refractivity contribution < 1.29 is 23.0 Å². The van der Waals surface area contributed by atoms with Gasteiger partial charge < -0.3 is 14.0 Å². The topological polar surface area (TPSA) is 74.8 Å². The SMILES string of the molecule is CCOC(=O)c1c(C)n(Cc2c(F)cccc2F)c2nc(-c3ccc(OC)cc3)c(C)n2c1=O. The molecule has 2 aromatic carbocycles. The molecule has 9 heteroatoms. The molecule has 0 aliphatic carbocycles. The summed E-state index contributed by atoms with van der Waals surface area (Å²) in [5.41, 5.74) is 0.832. The Hall–Kier alpha value is -4.01. The lowest BCUT2D eigenvalue weighted by molar-refractivity contribution is 0.0522. The van der Waals surface area contributed by atoms with Crippen molar-refractivity contribution in [2.24, 2.45) is 0 Å². The van der Waals surface area contributed by atoms with Gasteiger partial charge in [-0.25, -0.2) is 23.0 Å². The van der Waals surface area contributed by atoms with Crippen molar-refractivity contribution in [3.8, 4) is 17.0 Å². The predicted molar refractivity (Wildman–Crippen MR) is 122 cm³/mol. The predicted octanol–water partition coefficient (Wildman–Crippen LogP) is 4.29. The molecule has 0 atom stereocenters. The van der Waals surface area contributed by atoms with Gasteiger partial charge in [0.1, 0.15) is 22.9 Å². The lowest BCUT2D eigenvalue weighted by Crippen LogP contribution is -2.30. The van der Waals surface area contributed by atoms with Gasteiger partial charge in [-0.3, -0.25) is 4.79 Å². The Morgan fingerprint density at radius 1 is 1.03 bits per heavy atom. The van der Waals surface area contributed by atoms with Crippen LogP contribution in [0.15, 0.2) is 47.3 Å². The van der Waals surface area contributed by atoms with E-state index < -0.39 is 23.2 Å². The van der Waals surface area contributed by atoms with Crippen LogP contribution in [-0.2, 0) is 11.3 Å². The molecule has 2 aromatic heterocycles. The smallest absolute Gasteiger partial charge is 0.345 e. The number of methoxy groups -OCH3 is 1. The number of benzene rings is 2. The van der Waals surface area contributed by atoms with Crippen LogP contribution in [0.2, 0.25) is 0 Å². The third-order valence-electron chi connectivity index (χ3n) is 5.74. The Morgan fingerprint density at radius 3 is 2.26 bits per heavy atom. The number of hydrogen-bond acceptors (Lipinski definition) is 5. The fraction of sp³-hybridized carbons (Fsp3) is 0.240. The molecule has 0 saturated carbocycles. The fourth-order valence-corrected chi connectivity index (χ4v) is 3.95. The van der Waals surface area contributed by atoms with Crippen LogP contribution >= 0.6 is 0 Å². The molecule has 0 fully saturated rings. The number of ether oxygens (including phenoxy) is 2. The largest absolute Gasteiger partial charge is 0.497 e. The van der Waals surface area contributed by atoms with Gasteiger partial charge in [0.05, 0.1) is 31.6 Å². The van der Waals surface area contributed by atoms with E-state index in [2.05, 4.69) is 4.98 Å². The molecule has 0 aliphatic heterocycles. The van der Waals surface area contributed by atoms with Gasteiger partial charge in [0.2, 0.25) is 5.78 Å². The summed E-state index contributed by atoms with van der Waals surface area (Å²) in [6.45, 7) is 4.64. The highest BCUT2D eigenvalue weighted by Crippen LogP contribution is 2.27. The first-order valence-electron chi connectivity index (χ1n) is 10.6. The Morgan fingerprint density at radius 2 is 1.68 bits per heavy atom. The number of fused-ring (bicyclic) bond motifs is 1. The normalized spacial score (nSPS) is 11.1. The van der Waals surface area contributed by atoms with Gasteiger partial charge >= 0.3 is 5.97 Å². The molecular formula is C25H23F2N3O4. The maximum atomic E-state index is 14.5. The average molecular weight is 467 g/mol. The molecule has 7 nitrogen and oxygen atoms in total. The van der Waals surface area contributed by atoms with Crippen LogP contribution in [0, 0.1) is 25.5 Å². The van der Waals surface area contributed by atoms with Crippen molar-refractivity contribution in [1.82, 2.24) is 14.0 Å². The summed E-state index contributed by atoms with van der Waals surface area (Å²) in [6, 6.07) is 10.7. The molecule has 34 heavy (non-hydrogen) atoms. The van der Waals surface area contributed by atoms with Crippen LogP contribution < -0.4 is 10.3 Å². The van der Waals surface area contributed by atoms with Gasteiger partial charge in [-0.1, -0.05) is 6.07 Å².